The van der Waals surface area contributed by atoms with Crippen LogP contribution in [-0.2, 0) is 12.8 Å². The normalized spacial score (nSPS) is 18.4. The van der Waals surface area contributed by atoms with Crippen molar-refractivity contribution in [1.82, 2.24) is 4.90 Å². The number of aliphatic hydroxyl groups is 1. The lowest BCUT2D eigenvalue weighted by atomic mass is 9.97. The van der Waals surface area contributed by atoms with E-state index in [0.29, 0.717) is 5.92 Å². The van der Waals surface area contributed by atoms with Crippen molar-refractivity contribution in [3.63, 3.8) is 0 Å². The van der Waals surface area contributed by atoms with E-state index < -0.39 is 0 Å². The maximum absolute atomic E-state index is 10.6. The largest absolute Gasteiger partial charge is 0.497 e. The number of likely N-dealkylation sites (N-methyl/N-ethyl adjacent to an activating group) is 1. The maximum Gasteiger partial charge on any atom is 0.122 e. The number of ether oxygens (including phenoxy) is 2. The van der Waals surface area contributed by atoms with Crippen LogP contribution in [0, 0.1) is 12.8 Å². The first-order valence-electron chi connectivity index (χ1n) is 10.2. The summed E-state index contributed by atoms with van der Waals surface area (Å²) in [6.07, 6.45) is 3.83. The summed E-state index contributed by atoms with van der Waals surface area (Å²) < 4.78 is 10.7. The third-order valence-electron chi connectivity index (χ3n) is 5.99. The molecule has 4 nitrogen and oxygen atoms in total. The fourth-order valence-corrected chi connectivity index (χ4v) is 4.23. The van der Waals surface area contributed by atoms with Gasteiger partial charge in [-0.25, -0.2) is 0 Å². The van der Waals surface area contributed by atoms with Crippen LogP contribution in [0.1, 0.15) is 41.2 Å². The molecule has 1 N–H and O–H groups in total. The lowest BCUT2D eigenvalue weighted by Crippen LogP contribution is -2.23. The van der Waals surface area contributed by atoms with Gasteiger partial charge in [0, 0.05) is 12.6 Å². The zero-order valence-corrected chi connectivity index (χ0v) is 17.6. The Bertz CT molecular complexity index is 767. The number of aryl methyl sites for hydroxylation is 1. The van der Waals surface area contributed by atoms with Crippen LogP contribution >= 0.6 is 0 Å². The number of hydrogen-bond donors (Lipinski definition) is 1. The van der Waals surface area contributed by atoms with Gasteiger partial charge in [-0.15, -0.1) is 0 Å². The van der Waals surface area contributed by atoms with Crippen LogP contribution < -0.4 is 9.47 Å². The standard InChI is InChI=1S/C24H33NO3/c1-17-7-5-9-22-23(17)15-19(24(22)26)8-6-11-25(2)12-10-18-13-20(27-3)16-21(14-18)28-4/h5,7,9,13-14,16,19,24,26H,6,8,10-12,15H2,1-4H3. The summed E-state index contributed by atoms with van der Waals surface area (Å²) in [5.41, 5.74) is 5.04. The van der Waals surface area contributed by atoms with E-state index in [1.807, 2.05) is 6.07 Å². The fourth-order valence-electron chi connectivity index (χ4n) is 4.23. The molecule has 0 aromatic heterocycles. The van der Waals surface area contributed by atoms with Crippen molar-refractivity contribution in [3.8, 4) is 11.5 Å². The average Bonchev–Trinajstić information content (AvgIpc) is 3.03. The van der Waals surface area contributed by atoms with Gasteiger partial charge in [0.1, 0.15) is 11.5 Å². The molecule has 0 aliphatic heterocycles. The van der Waals surface area contributed by atoms with Crippen molar-refractivity contribution in [3.05, 3.63) is 58.7 Å². The molecule has 4 heteroatoms. The first-order chi connectivity index (χ1) is 13.5. The maximum atomic E-state index is 10.6. The van der Waals surface area contributed by atoms with E-state index >= 15 is 0 Å². The number of nitrogens with zero attached hydrogens (tertiary/aromatic N) is 1. The Hall–Kier alpha value is -2.04. The SMILES string of the molecule is COc1cc(CCN(C)CCCC2Cc3c(C)cccc3C2O)cc(OC)c1. The molecular weight excluding hydrogens is 350 g/mol. The summed E-state index contributed by atoms with van der Waals surface area (Å²) in [4.78, 5) is 2.37. The summed E-state index contributed by atoms with van der Waals surface area (Å²) in [7, 11) is 5.53. The second-order valence-electron chi connectivity index (χ2n) is 7.97. The van der Waals surface area contributed by atoms with Gasteiger partial charge >= 0.3 is 0 Å². The Kier molecular flexibility index (Phi) is 6.97. The van der Waals surface area contributed by atoms with Crippen LogP contribution in [0.4, 0.5) is 0 Å². The van der Waals surface area contributed by atoms with Crippen molar-refractivity contribution >= 4 is 0 Å². The number of hydrogen-bond acceptors (Lipinski definition) is 4. The zero-order valence-electron chi connectivity index (χ0n) is 17.6. The van der Waals surface area contributed by atoms with Crippen LogP contribution in [0.25, 0.3) is 0 Å². The van der Waals surface area contributed by atoms with E-state index in [2.05, 4.69) is 49.2 Å². The summed E-state index contributed by atoms with van der Waals surface area (Å²) in [5.74, 6) is 2.02. The summed E-state index contributed by atoms with van der Waals surface area (Å²) in [5, 5.41) is 10.6. The van der Waals surface area contributed by atoms with Crippen molar-refractivity contribution in [2.24, 2.45) is 5.92 Å². The van der Waals surface area contributed by atoms with Crippen LogP contribution in [0.3, 0.4) is 0 Å². The molecule has 2 aromatic carbocycles. The van der Waals surface area contributed by atoms with Crippen molar-refractivity contribution < 1.29 is 14.6 Å². The quantitative estimate of drug-likeness (QED) is 0.706. The highest BCUT2D eigenvalue weighted by Crippen LogP contribution is 2.39. The van der Waals surface area contributed by atoms with Gasteiger partial charge in [-0.3, -0.25) is 0 Å². The Morgan fingerprint density at radius 3 is 2.43 bits per heavy atom. The fraction of sp³-hybridized carbons (Fsp3) is 0.500. The molecule has 1 aliphatic rings. The summed E-state index contributed by atoms with van der Waals surface area (Å²) >= 11 is 0. The van der Waals surface area contributed by atoms with E-state index in [-0.39, 0.29) is 6.10 Å². The minimum absolute atomic E-state index is 0.301. The van der Waals surface area contributed by atoms with Gasteiger partial charge in [-0.05, 0) is 86.5 Å². The van der Waals surface area contributed by atoms with E-state index in [9.17, 15) is 5.11 Å². The monoisotopic (exact) mass is 383 g/mol. The molecule has 152 valence electrons. The van der Waals surface area contributed by atoms with Crippen molar-refractivity contribution in [2.45, 2.75) is 38.7 Å². The first-order valence-corrected chi connectivity index (χ1v) is 10.2. The molecule has 3 rings (SSSR count). The predicted molar refractivity (Wildman–Crippen MR) is 113 cm³/mol. The number of fused-ring (bicyclic) bond motifs is 1. The Balaban J connectivity index is 1.44. The second kappa shape index (κ2) is 9.44. The summed E-state index contributed by atoms with van der Waals surface area (Å²) in [6.45, 7) is 4.18. The second-order valence-corrected chi connectivity index (χ2v) is 7.97. The third kappa shape index (κ3) is 4.86. The molecule has 0 amide bonds. The van der Waals surface area contributed by atoms with Gasteiger partial charge in [0.05, 0.1) is 20.3 Å². The molecule has 2 aromatic rings. The zero-order chi connectivity index (χ0) is 20.1. The lowest BCUT2D eigenvalue weighted by molar-refractivity contribution is 0.115. The molecular formula is C24H33NO3. The number of aliphatic hydroxyl groups excluding tert-OH is 1. The van der Waals surface area contributed by atoms with Crippen molar-refractivity contribution in [1.29, 1.82) is 0 Å². The highest BCUT2D eigenvalue weighted by atomic mass is 16.5. The Morgan fingerprint density at radius 2 is 1.79 bits per heavy atom. The molecule has 0 radical (unpaired) electrons. The minimum Gasteiger partial charge on any atom is -0.497 e. The number of rotatable bonds is 9. The van der Waals surface area contributed by atoms with Crippen molar-refractivity contribution in [2.75, 3.05) is 34.4 Å². The van der Waals surface area contributed by atoms with Gasteiger partial charge < -0.3 is 19.5 Å². The summed E-state index contributed by atoms with van der Waals surface area (Å²) in [6, 6.07) is 12.3. The molecule has 0 bridgehead atoms. The molecule has 0 fully saturated rings. The molecule has 0 heterocycles. The van der Waals surface area contributed by atoms with Gasteiger partial charge in [0.15, 0.2) is 0 Å². The van der Waals surface area contributed by atoms with Crippen LogP contribution in [-0.4, -0.2) is 44.4 Å². The van der Waals surface area contributed by atoms with E-state index in [4.69, 9.17) is 9.47 Å². The Labute approximate surface area is 169 Å². The average molecular weight is 384 g/mol. The molecule has 0 spiro atoms. The van der Waals surface area contributed by atoms with Gasteiger partial charge in [-0.2, -0.15) is 0 Å². The smallest absolute Gasteiger partial charge is 0.122 e. The van der Waals surface area contributed by atoms with Gasteiger partial charge in [-0.1, -0.05) is 18.2 Å². The third-order valence-corrected chi connectivity index (χ3v) is 5.99. The lowest BCUT2D eigenvalue weighted by Gasteiger charge is -2.19. The molecule has 2 unspecified atom stereocenters. The predicted octanol–water partition coefficient (Wildman–Crippen LogP) is 4.17. The topological polar surface area (TPSA) is 41.9 Å². The number of methoxy groups -OCH3 is 2. The van der Waals surface area contributed by atoms with Crippen LogP contribution in [0.2, 0.25) is 0 Å². The Morgan fingerprint density at radius 1 is 1.07 bits per heavy atom. The molecule has 1 aliphatic carbocycles. The number of benzene rings is 2. The molecule has 0 saturated carbocycles. The highest BCUT2D eigenvalue weighted by Gasteiger charge is 2.31. The van der Waals surface area contributed by atoms with Gasteiger partial charge in [0.25, 0.3) is 0 Å². The van der Waals surface area contributed by atoms with Crippen LogP contribution in [0.15, 0.2) is 36.4 Å². The van der Waals surface area contributed by atoms with E-state index in [1.165, 1.54) is 16.7 Å². The van der Waals surface area contributed by atoms with E-state index in [1.54, 1.807) is 14.2 Å². The van der Waals surface area contributed by atoms with E-state index in [0.717, 1.165) is 55.8 Å². The molecule has 28 heavy (non-hydrogen) atoms. The minimum atomic E-state index is -0.301. The molecule has 0 saturated heterocycles. The molecule has 2 atom stereocenters. The van der Waals surface area contributed by atoms with Gasteiger partial charge in [0.2, 0.25) is 0 Å². The first kappa shape index (κ1) is 20.7. The van der Waals surface area contributed by atoms with Crippen LogP contribution in [0.5, 0.6) is 11.5 Å². The highest BCUT2D eigenvalue weighted by molar-refractivity contribution is 5.40.